The molecule has 6 nitrogen and oxygen atoms in total. The highest BCUT2D eigenvalue weighted by Crippen LogP contribution is 2.22. The fourth-order valence-electron chi connectivity index (χ4n) is 4.69. The van der Waals surface area contributed by atoms with Crippen molar-refractivity contribution >= 4 is 26.5 Å². The molecule has 0 N–H and O–H groups in total. The fourth-order valence-corrected chi connectivity index (χ4v) is 6.47. The molecule has 2 saturated heterocycles. The van der Waals surface area contributed by atoms with Crippen LogP contribution in [-0.2, 0) is 21.2 Å². The molecule has 0 aliphatic carbocycles. The van der Waals surface area contributed by atoms with Crippen molar-refractivity contribution in [2.75, 3.05) is 44.7 Å². The van der Waals surface area contributed by atoms with Crippen LogP contribution >= 0.6 is 0 Å². The number of fused-ring (bicyclic) bond motifs is 1. The van der Waals surface area contributed by atoms with Crippen LogP contribution in [0.2, 0.25) is 0 Å². The van der Waals surface area contributed by atoms with E-state index in [1.165, 1.54) is 16.3 Å². The number of likely N-dealkylation sites (N-methyl/N-ethyl adjacent to an activating group) is 1. The predicted octanol–water partition coefficient (Wildman–Crippen LogP) is 1.99. The highest BCUT2D eigenvalue weighted by Gasteiger charge is 2.35. The molecule has 30 heavy (non-hydrogen) atoms. The summed E-state index contributed by atoms with van der Waals surface area (Å²) in [5, 5.41) is 2.57. The molecule has 7 heteroatoms. The van der Waals surface area contributed by atoms with Crippen LogP contribution in [0, 0.1) is 0 Å². The van der Waals surface area contributed by atoms with E-state index in [1.54, 1.807) is 11.9 Å². The molecule has 2 heterocycles. The summed E-state index contributed by atoms with van der Waals surface area (Å²) in [7, 11) is -1.24. The Kier molecular flexibility index (Phi) is 6.14. The third-order valence-corrected chi connectivity index (χ3v) is 8.44. The van der Waals surface area contributed by atoms with E-state index in [0.29, 0.717) is 6.42 Å². The van der Waals surface area contributed by atoms with Crippen molar-refractivity contribution in [1.29, 1.82) is 0 Å². The van der Waals surface area contributed by atoms with Crippen molar-refractivity contribution in [1.82, 2.24) is 14.7 Å². The van der Waals surface area contributed by atoms with Crippen molar-refractivity contribution in [3.63, 3.8) is 0 Å². The SMILES string of the molecule is C[C@H](C(=O)N(C)[C@@H]1CCS(=O)(=O)C1)N1CCN(Cc2cccc3ccccc23)CC1. The van der Waals surface area contributed by atoms with Gasteiger partial charge in [0.2, 0.25) is 5.91 Å². The standard InChI is InChI=1S/C23H31N3O3S/c1-18(23(27)24(2)21-10-15-30(28,29)17-21)26-13-11-25(12-14-26)16-20-8-5-7-19-6-3-4-9-22(19)20/h3-9,18,21H,10-17H2,1-2H3/t18-,21-/m1/s1. The van der Waals surface area contributed by atoms with Crippen molar-refractivity contribution in [2.45, 2.75) is 32.0 Å². The van der Waals surface area contributed by atoms with E-state index >= 15 is 0 Å². The van der Waals surface area contributed by atoms with Crippen LogP contribution in [0.5, 0.6) is 0 Å². The van der Waals surface area contributed by atoms with Crippen molar-refractivity contribution < 1.29 is 13.2 Å². The minimum Gasteiger partial charge on any atom is -0.340 e. The molecule has 0 unspecified atom stereocenters. The number of amides is 1. The van der Waals surface area contributed by atoms with E-state index in [4.69, 9.17) is 0 Å². The highest BCUT2D eigenvalue weighted by molar-refractivity contribution is 7.91. The first-order valence-electron chi connectivity index (χ1n) is 10.7. The van der Waals surface area contributed by atoms with Crippen LogP contribution in [-0.4, -0.2) is 85.8 Å². The first kappa shape index (κ1) is 21.3. The van der Waals surface area contributed by atoms with Crippen LogP contribution in [0.25, 0.3) is 10.8 Å². The highest BCUT2D eigenvalue weighted by atomic mass is 32.2. The molecule has 0 saturated carbocycles. The Balaban J connectivity index is 1.33. The summed E-state index contributed by atoms with van der Waals surface area (Å²) < 4.78 is 23.5. The minimum absolute atomic E-state index is 0.0274. The van der Waals surface area contributed by atoms with Gasteiger partial charge < -0.3 is 4.90 Å². The number of hydrogen-bond donors (Lipinski definition) is 0. The molecule has 162 valence electrons. The zero-order valence-corrected chi connectivity index (χ0v) is 18.6. The van der Waals surface area contributed by atoms with E-state index in [9.17, 15) is 13.2 Å². The third-order valence-electron chi connectivity index (χ3n) is 6.69. The Morgan fingerprint density at radius 1 is 1.10 bits per heavy atom. The van der Waals surface area contributed by atoms with Crippen LogP contribution in [0.15, 0.2) is 42.5 Å². The number of sulfone groups is 1. The van der Waals surface area contributed by atoms with E-state index in [-0.39, 0.29) is 29.5 Å². The smallest absolute Gasteiger partial charge is 0.239 e. The number of rotatable bonds is 5. The second-order valence-corrected chi connectivity index (χ2v) is 10.9. The molecule has 0 bridgehead atoms. The number of nitrogens with zero attached hydrogens (tertiary/aromatic N) is 3. The van der Waals surface area contributed by atoms with E-state index in [2.05, 4.69) is 52.3 Å². The summed E-state index contributed by atoms with van der Waals surface area (Å²) in [4.78, 5) is 19.3. The zero-order chi connectivity index (χ0) is 21.3. The van der Waals surface area contributed by atoms with Gasteiger partial charge in [0.25, 0.3) is 0 Å². The first-order chi connectivity index (χ1) is 14.3. The lowest BCUT2D eigenvalue weighted by molar-refractivity contribution is -0.137. The van der Waals surface area contributed by atoms with Gasteiger partial charge in [0.05, 0.1) is 17.5 Å². The van der Waals surface area contributed by atoms with Gasteiger partial charge in [-0.2, -0.15) is 0 Å². The lowest BCUT2D eigenvalue weighted by atomic mass is 10.0. The van der Waals surface area contributed by atoms with Gasteiger partial charge >= 0.3 is 0 Å². The number of carbonyl (C=O) groups is 1. The summed E-state index contributed by atoms with van der Waals surface area (Å²) in [6.07, 6.45) is 0.552. The Labute approximate surface area is 179 Å². The van der Waals surface area contributed by atoms with Crippen LogP contribution < -0.4 is 0 Å². The van der Waals surface area contributed by atoms with Gasteiger partial charge in [-0.15, -0.1) is 0 Å². The molecule has 0 spiro atoms. The van der Waals surface area contributed by atoms with Crippen molar-refractivity contribution in [2.24, 2.45) is 0 Å². The number of piperazine rings is 1. The molecule has 2 atom stereocenters. The van der Waals surface area contributed by atoms with Crippen LogP contribution in [0.4, 0.5) is 0 Å². The number of benzene rings is 2. The summed E-state index contributed by atoms with van der Waals surface area (Å²) in [5.74, 6) is 0.316. The maximum absolute atomic E-state index is 12.9. The first-order valence-corrected chi connectivity index (χ1v) is 12.6. The molecule has 2 aliphatic heterocycles. The van der Waals surface area contributed by atoms with Crippen molar-refractivity contribution in [3.8, 4) is 0 Å². The van der Waals surface area contributed by atoms with Gasteiger partial charge in [-0.3, -0.25) is 14.6 Å². The van der Waals surface area contributed by atoms with Crippen LogP contribution in [0.1, 0.15) is 18.9 Å². The second kappa shape index (κ2) is 8.65. The van der Waals surface area contributed by atoms with E-state index in [1.807, 2.05) is 6.92 Å². The van der Waals surface area contributed by atoms with Gasteiger partial charge in [-0.05, 0) is 29.7 Å². The van der Waals surface area contributed by atoms with Gasteiger partial charge in [0.1, 0.15) is 0 Å². The largest absolute Gasteiger partial charge is 0.340 e. The molecule has 4 rings (SSSR count). The summed E-state index contributed by atoms with van der Waals surface area (Å²) in [6, 6.07) is 14.5. The maximum atomic E-state index is 12.9. The Morgan fingerprint density at radius 2 is 1.80 bits per heavy atom. The van der Waals surface area contributed by atoms with Gasteiger partial charge in [0.15, 0.2) is 9.84 Å². The zero-order valence-electron chi connectivity index (χ0n) is 17.8. The average molecular weight is 430 g/mol. The molecular weight excluding hydrogens is 398 g/mol. The minimum atomic E-state index is -2.99. The third kappa shape index (κ3) is 4.53. The lowest BCUT2D eigenvalue weighted by Gasteiger charge is -2.39. The molecule has 0 aromatic heterocycles. The quantitative estimate of drug-likeness (QED) is 0.728. The monoisotopic (exact) mass is 429 g/mol. The fraction of sp³-hybridized carbons (Fsp3) is 0.522. The van der Waals surface area contributed by atoms with Gasteiger partial charge in [0, 0.05) is 45.8 Å². The molecule has 2 aromatic rings. The van der Waals surface area contributed by atoms with Gasteiger partial charge in [-0.25, -0.2) is 8.42 Å². The molecule has 2 aromatic carbocycles. The van der Waals surface area contributed by atoms with E-state index < -0.39 is 9.84 Å². The Hall–Kier alpha value is -1.96. The number of carbonyl (C=O) groups excluding carboxylic acids is 1. The summed E-state index contributed by atoms with van der Waals surface area (Å²) in [6.45, 7) is 6.38. The molecular formula is C23H31N3O3S. The molecule has 1 amide bonds. The van der Waals surface area contributed by atoms with Gasteiger partial charge in [-0.1, -0.05) is 42.5 Å². The summed E-state index contributed by atoms with van der Waals surface area (Å²) >= 11 is 0. The Bertz CT molecular complexity index is 1010. The maximum Gasteiger partial charge on any atom is 0.239 e. The predicted molar refractivity (Wildman–Crippen MR) is 120 cm³/mol. The normalized spacial score (nSPS) is 23.5. The molecule has 2 aliphatic rings. The number of hydrogen-bond acceptors (Lipinski definition) is 5. The average Bonchev–Trinajstić information content (AvgIpc) is 3.12. The second-order valence-electron chi connectivity index (χ2n) is 8.63. The molecule has 2 fully saturated rings. The summed E-state index contributed by atoms with van der Waals surface area (Å²) in [5.41, 5.74) is 1.34. The van der Waals surface area contributed by atoms with Crippen LogP contribution in [0.3, 0.4) is 0 Å². The lowest BCUT2D eigenvalue weighted by Crippen LogP contribution is -2.55. The topological polar surface area (TPSA) is 60.9 Å². The Morgan fingerprint density at radius 3 is 2.50 bits per heavy atom. The van der Waals surface area contributed by atoms with E-state index in [0.717, 1.165) is 32.7 Å². The van der Waals surface area contributed by atoms with Crippen molar-refractivity contribution in [3.05, 3.63) is 48.0 Å². The molecule has 0 radical (unpaired) electrons.